The van der Waals surface area contributed by atoms with Crippen LogP contribution >= 0.6 is 11.6 Å². The van der Waals surface area contributed by atoms with Gasteiger partial charge in [-0.25, -0.2) is 9.78 Å². The average molecular weight is 318 g/mol. The smallest absolute Gasteiger partial charge is 0.408 e. The number of amides is 1. The van der Waals surface area contributed by atoms with E-state index in [0.29, 0.717) is 21.9 Å². The highest BCUT2D eigenvalue weighted by Crippen LogP contribution is 2.18. The lowest BCUT2D eigenvalue weighted by Crippen LogP contribution is -2.25. The molecule has 112 valence electrons. The number of aryl methyl sites for hydroxylation is 1. The van der Waals surface area contributed by atoms with Crippen molar-refractivity contribution < 1.29 is 9.21 Å². The first-order valence-electron chi connectivity index (χ1n) is 6.55. The fourth-order valence-corrected chi connectivity index (χ4v) is 2.28. The van der Waals surface area contributed by atoms with Crippen LogP contribution < -0.4 is 11.1 Å². The standard InChI is InChI=1S/C15H12ClN3O3/c1-9-3-2-6-17-14(9)18-13(20)8-19-11-7-10(16)4-5-12(11)22-15(19)21/h2-7H,8H2,1H3,(H,17,18,20). The summed E-state index contributed by atoms with van der Waals surface area (Å²) in [6, 6.07) is 8.41. The minimum absolute atomic E-state index is 0.178. The van der Waals surface area contributed by atoms with Crippen molar-refractivity contribution in [3.05, 3.63) is 57.7 Å². The summed E-state index contributed by atoms with van der Waals surface area (Å²) < 4.78 is 6.31. The summed E-state index contributed by atoms with van der Waals surface area (Å²) in [7, 11) is 0. The number of fused-ring (bicyclic) bond motifs is 1. The monoisotopic (exact) mass is 317 g/mol. The highest BCUT2D eigenvalue weighted by atomic mass is 35.5. The minimum atomic E-state index is -0.606. The van der Waals surface area contributed by atoms with Crippen LogP contribution in [0.3, 0.4) is 0 Å². The van der Waals surface area contributed by atoms with Crippen molar-refractivity contribution in [2.75, 3.05) is 5.32 Å². The number of halogens is 1. The number of hydrogen-bond donors (Lipinski definition) is 1. The molecule has 1 N–H and O–H groups in total. The summed E-state index contributed by atoms with van der Waals surface area (Å²) >= 11 is 5.92. The predicted octanol–water partition coefficient (Wildman–Crippen LogP) is 2.59. The van der Waals surface area contributed by atoms with E-state index in [-0.39, 0.29) is 12.5 Å². The zero-order chi connectivity index (χ0) is 15.7. The number of pyridine rings is 1. The third-order valence-corrected chi connectivity index (χ3v) is 3.43. The van der Waals surface area contributed by atoms with E-state index < -0.39 is 5.76 Å². The Labute approximate surface area is 130 Å². The number of nitrogens with one attached hydrogen (secondary N) is 1. The molecule has 1 amide bonds. The molecular formula is C15H12ClN3O3. The molecule has 0 unspecified atom stereocenters. The first-order chi connectivity index (χ1) is 10.5. The number of carbonyl (C=O) groups is 1. The molecule has 3 rings (SSSR count). The van der Waals surface area contributed by atoms with Crippen molar-refractivity contribution in [1.82, 2.24) is 9.55 Å². The molecule has 0 fully saturated rings. The van der Waals surface area contributed by atoms with Gasteiger partial charge in [-0.3, -0.25) is 9.36 Å². The van der Waals surface area contributed by atoms with E-state index in [1.165, 1.54) is 4.57 Å². The minimum Gasteiger partial charge on any atom is -0.408 e. The van der Waals surface area contributed by atoms with Crippen molar-refractivity contribution in [3.8, 4) is 0 Å². The number of carbonyl (C=O) groups excluding carboxylic acids is 1. The van der Waals surface area contributed by atoms with Crippen LogP contribution in [0.5, 0.6) is 0 Å². The third kappa shape index (κ3) is 2.73. The first kappa shape index (κ1) is 14.3. The third-order valence-electron chi connectivity index (χ3n) is 3.20. The molecule has 22 heavy (non-hydrogen) atoms. The van der Waals surface area contributed by atoms with Gasteiger partial charge in [0.05, 0.1) is 5.52 Å². The van der Waals surface area contributed by atoms with E-state index in [2.05, 4.69) is 10.3 Å². The van der Waals surface area contributed by atoms with Gasteiger partial charge >= 0.3 is 5.76 Å². The number of nitrogens with zero attached hydrogens (tertiary/aromatic N) is 2. The van der Waals surface area contributed by atoms with E-state index in [1.807, 2.05) is 13.0 Å². The number of aromatic nitrogens is 2. The Bertz CT molecular complexity index is 914. The van der Waals surface area contributed by atoms with Crippen LogP contribution in [-0.4, -0.2) is 15.5 Å². The zero-order valence-electron chi connectivity index (χ0n) is 11.7. The molecule has 1 aromatic carbocycles. The maximum atomic E-state index is 12.1. The molecule has 0 aliphatic rings. The number of benzene rings is 1. The highest BCUT2D eigenvalue weighted by Gasteiger charge is 2.14. The second-order valence-electron chi connectivity index (χ2n) is 4.78. The van der Waals surface area contributed by atoms with Gasteiger partial charge in [0, 0.05) is 11.2 Å². The molecular weight excluding hydrogens is 306 g/mol. The molecule has 2 heterocycles. The Morgan fingerprint density at radius 3 is 3.00 bits per heavy atom. The van der Waals surface area contributed by atoms with Crippen molar-refractivity contribution >= 4 is 34.4 Å². The number of hydrogen-bond acceptors (Lipinski definition) is 4. The van der Waals surface area contributed by atoms with Crippen molar-refractivity contribution in [3.63, 3.8) is 0 Å². The quantitative estimate of drug-likeness (QED) is 0.805. The Balaban J connectivity index is 1.88. The molecule has 0 saturated carbocycles. The Morgan fingerprint density at radius 2 is 2.23 bits per heavy atom. The Kier molecular flexibility index (Phi) is 3.68. The van der Waals surface area contributed by atoms with Crippen molar-refractivity contribution in [1.29, 1.82) is 0 Å². The molecule has 0 radical (unpaired) electrons. The largest absolute Gasteiger partial charge is 0.420 e. The first-order valence-corrected chi connectivity index (χ1v) is 6.93. The van der Waals surface area contributed by atoms with E-state index in [1.54, 1.807) is 30.5 Å². The SMILES string of the molecule is Cc1cccnc1NC(=O)Cn1c(=O)oc2ccc(Cl)cc21. The van der Waals surface area contributed by atoms with Gasteiger partial charge in [-0.15, -0.1) is 0 Å². The summed E-state index contributed by atoms with van der Waals surface area (Å²) in [6.45, 7) is 1.66. The Hall–Kier alpha value is -2.60. The van der Waals surface area contributed by atoms with Crippen LogP contribution in [0.15, 0.2) is 45.7 Å². The second-order valence-corrected chi connectivity index (χ2v) is 5.22. The molecule has 0 atom stereocenters. The molecule has 0 aliphatic heterocycles. The van der Waals surface area contributed by atoms with Gasteiger partial charge < -0.3 is 9.73 Å². The Morgan fingerprint density at radius 1 is 1.41 bits per heavy atom. The molecule has 0 bridgehead atoms. The van der Waals surface area contributed by atoms with Crippen molar-refractivity contribution in [2.45, 2.75) is 13.5 Å². The normalized spacial score (nSPS) is 10.8. The van der Waals surface area contributed by atoms with Gasteiger partial charge in [0.15, 0.2) is 5.58 Å². The predicted molar refractivity (Wildman–Crippen MR) is 83.1 cm³/mol. The molecule has 2 aromatic heterocycles. The molecule has 6 nitrogen and oxygen atoms in total. The van der Waals surface area contributed by atoms with Gasteiger partial charge in [0.25, 0.3) is 0 Å². The van der Waals surface area contributed by atoms with Crippen molar-refractivity contribution in [2.24, 2.45) is 0 Å². The van der Waals surface area contributed by atoms with Gasteiger partial charge in [-0.2, -0.15) is 0 Å². The lowest BCUT2D eigenvalue weighted by atomic mass is 10.3. The average Bonchev–Trinajstić information content (AvgIpc) is 2.77. The van der Waals surface area contributed by atoms with E-state index in [9.17, 15) is 9.59 Å². The fourth-order valence-electron chi connectivity index (χ4n) is 2.12. The van der Waals surface area contributed by atoms with Crippen LogP contribution in [0.2, 0.25) is 5.02 Å². The van der Waals surface area contributed by atoms with Gasteiger partial charge in [-0.1, -0.05) is 17.7 Å². The highest BCUT2D eigenvalue weighted by molar-refractivity contribution is 6.31. The summed E-state index contributed by atoms with van der Waals surface area (Å²) in [5, 5.41) is 3.13. The van der Waals surface area contributed by atoms with Crippen LogP contribution in [0, 0.1) is 6.92 Å². The van der Waals surface area contributed by atoms with Crippen LogP contribution in [0.4, 0.5) is 5.82 Å². The summed E-state index contributed by atoms with van der Waals surface area (Å²) in [5.41, 5.74) is 1.70. The van der Waals surface area contributed by atoms with E-state index in [0.717, 1.165) is 5.56 Å². The maximum Gasteiger partial charge on any atom is 0.420 e. The van der Waals surface area contributed by atoms with Gasteiger partial charge in [0.2, 0.25) is 5.91 Å². The zero-order valence-corrected chi connectivity index (χ0v) is 12.4. The molecule has 0 saturated heterocycles. The second kappa shape index (κ2) is 5.65. The van der Waals surface area contributed by atoms with E-state index >= 15 is 0 Å². The van der Waals surface area contributed by atoms with Crippen LogP contribution in [-0.2, 0) is 11.3 Å². The molecule has 0 aliphatic carbocycles. The fraction of sp³-hybridized carbons (Fsp3) is 0.133. The van der Waals surface area contributed by atoms with Gasteiger partial charge in [0.1, 0.15) is 12.4 Å². The van der Waals surface area contributed by atoms with Crippen LogP contribution in [0.1, 0.15) is 5.56 Å². The van der Waals surface area contributed by atoms with E-state index in [4.69, 9.17) is 16.0 Å². The van der Waals surface area contributed by atoms with Gasteiger partial charge in [-0.05, 0) is 36.8 Å². The summed E-state index contributed by atoms with van der Waals surface area (Å²) in [5.74, 6) is -0.511. The number of oxazole rings is 1. The lowest BCUT2D eigenvalue weighted by molar-refractivity contribution is -0.116. The summed E-state index contributed by atoms with van der Waals surface area (Å²) in [4.78, 5) is 28.1. The molecule has 0 spiro atoms. The molecule has 7 heteroatoms. The maximum absolute atomic E-state index is 12.1. The number of anilines is 1. The summed E-state index contributed by atoms with van der Waals surface area (Å²) in [6.07, 6.45) is 1.59. The lowest BCUT2D eigenvalue weighted by Gasteiger charge is -2.07. The topological polar surface area (TPSA) is 77.1 Å². The number of rotatable bonds is 3. The van der Waals surface area contributed by atoms with Crippen LogP contribution in [0.25, 0.3) is 11.1 Å². The molecule has 3 aromatic rings.